The lowest BCUT2D eigenvalue weighted by molar-refractivity contribution is -0.384. The van der Waals surface area contributed by atoms with Gasteiger partial charge in [0.05, 0.1) is 16.7 Å². The van der Waals surface area contributed by atoms with Crippen LogP contribution in [0.2, 0.25) is 0 Å². The number of H-pyrrole nitrogens is 1. The number of non-ortho nitro benzene ring substituents is 1. The number of hydrogen-bond acceptors (Lipinski definition) is 5. The third-order valence-corrected chi connectivity index (χ3v) is 2.87. The molecule has 20 heavy (non-hydrogen) atoms. The van der Waals surface area contributed by atoms with Gasteiger partial charge in [0.2, 0.25) is 0 Å². The number of nitrogens with two attached hydrogens (primary N) is 1. The van der Waals surface area contributed by atoms with E-state index >= 15 is 0 Å². The van der Waals surface area contributed by atoms with Crippen molar-refractivity contribution in [3.8, 4) is 0 Å². The lowest BCUT2D eigenvalue weighted by atomic mass is 10.1. The number of aromatic nitrogens is 2. The van der Waals surface area contributed by atoms with E-state index in [1.807, 2.05) is 6.92 Å². The van der Waals surface area contributed by atoms with Gasteiger partial charge in [0.15, 0.2) is 0 Å². The summed E-state index contributed by atoms with van der Waals surface area (Å²) in [5.41, 5.74) is 7.45. The Labute approximate surface area is 114 Å². The van der Waals surface area contributed by atoms with E-state index in [-0.39, 0.29) is 23.5 Å². The van der Waals surface area contributed by atoms with Crippen LogP contribution in [0.15, 0.2) is 24.4 Å². The molecule has 2 rings (SSSR count). The maximum atomic E-state index is 12.0. The van der Waals surface area contributed by atoms with Gasteiger partial charge in [-0.3, -0.25) is 20.0 Å². The first-order valence-corrected chi connectivity index (χ1v) is 5.80. The number of nitro benzene ring substituents is 1. The van der Waals surface area contributed by atoms with Gasteiger partial charge >= 0.3 is 0 Å². The van der Waals surface area contributed by atoms with Crippen LogP contribution < -0.4 is 11.1 Å². The molecule has 8 nitrogen and oxygen atoms in total. The maximum absolute atomic E-state index is 12.0. The normalized spacial score (nSPS) is 10.2. The first-order valence-electron chi connectivity index (χ1n) is 5.80. The highest BCUT2D eigenvalue weighted by molar-refractivity contribution is 5.99. The van der Waals surface area contributed by atoms with Gasteiger partial charge < -0.3 is 11.1 Å². The Morgan fingerprint density at radius 1 is 1.55 bits per heavy atom. The first-order chi connectivity index (χ1) is 9.49. The van der Waals surface area contributed by atoms with Crippen molar-refractivity contribution < 1.29 is 9.72 Å². The molecule has 0 radical (unpaired) electrons. The van der Waals surface area contributed by atoms with Crippen molar-refractivity contribution in [3.63, 3.8) is 0 Å². The highest BCUT2D eigenvalue weighted by Crippen LogP contribution is 2.19. The van der Waals surface area contributed by atoms with Gasteiger partial charge in [-0.25, -0.2) is 0 Å². The molecular formula is C12H13N5O3. The molecule has 0 aliphatic heterocycles. The van der Waals surface area contributed by atoms with Crippen LogP contribution in [-0.2, 0) is 6.54 Å². The molecule has 0 saturated heterocycles. The number of carbonyl (C=O) groups is 1. The lowest BCUT2D eigenvalue weighted by Crippen LogP contribution is -2.24. The molecule has 0 spiro atoms. The summed E-state index contributed by atoms with van der Waals surface area (Å²) in [6.07, 6.45) is 1.60. The van der Waals surface area contributed by atoms with Crippen LogP contribution in [-0.4, -0.2) is 21.0 Å². The molecular weight excluding hydrogens is 262 g/mol. The van der Waals surface area contributed by atoms with E-state index in [4.69, 9.17) is 5.73 Å². The second-order valence-corrected chi connectivity index (χ2v) is 4.23. The molecule has 104 valence electrons. The zero-order chi connectivity index (χ0) is 14.7. The number of carbonyl (C=O) groups excluding carboxylic acids is 1. The highest BCUT2D eigenvalue weighted by atomic mass is 16.6. The molecule has 1 heterocycles. The quantitative estimate of drug-likeness (QED) is 0.438. The number of nitrogen functional groups attached to an aromatic ring is 1. The fourth-order valence-electron chi connectivity index (χ4n) is 1.68. The van der Waals surface area contributed by atoms with E-state index in [0.717, 1.165) is 17.3 Å². The third-order valence-electron chi connectivity index (χ3n) is 2.87. The van der Waals surface area contributed by atoms with Crippen molar-refractivity contribution in [1.82, 2.24) is 15.5 Å². The predicted octanol–water partition coefficient (Wildman–Crippen LogP) is 1.14. The Morgan fingerprint density at radius 2 is 2.30 bits per heavy atom. The average Bonchev–Trinajstić information content (AvgIpc) is 2.81. The van der Waals surface area contributed by atoms with Crippen molar-refractivity contribution in [2.45, 2.75) is 13.5 Å². The van der Waals surface area contributed by atoms with Gasteiger partial charge in [0, 0.05) is 35.6 Å². The average molecular weight is 275 g/mol. The summed E-state index contributed by atoms with van der Waals surface area (Å²) in [7, 11) is 0. The van der Waals surface area contributed by atoms with Crippen LogP contribution in [0.1, 0.15) is 21.6 Å². The SMILES string of the molecule is Cc1[nH]ncc1CNC(=O)c1cc([N+](=O)[O-])ccc1N. The minimum atomic E-state index is -0.573. The highest BCUT2D eigenvalue weighted by Gasteiger charge is 2.15. The van der Waals surface area contributed by atoms with Crippen molar-refractivity contribution in [3.05, 3.63) is 51.3 Å². The van der Waals surface area contributed by atoms with E-state index in [0.29, 0.717) is 0 Å². The molecule has 2 aromatic rings. The van der Waals surface area contributed by atoms with E-state index in [9.17, 15) is 14.9 Å². The van der Waals surface area contributed by atoms with Gasteiger partial charge in [0.25, 0.3) is 11.6 Å². The van der Waals surface area contributed by atoms with Crippen molar-refractivity contribution in [2.24, 2.45) is 0 Å². The Morgan fingerprint density at radius 3 is 2.90 bits per heavy atom. The Hall–Kier alpha value is -2.90. The molecule has 0 unspecified atom stereocenters. The molecule has 0 saturated carbocycles. The van der Waals surface area contributed by atoms with Gasteiger partial charge in [-0.05, 0) is 13.0 Å². The number of amides is 1. The Balaban J connectivity index is 2.15. The van der Waals surface area contributed by atoms with Gasteiger partial charge in [0.1, 0.15) is 0 Å². The molecule has 0 aliphatic rings. The third kappa shape index (κ3) is 2.74. The fourth-order valence-corrected chi connectivity index (χ4v) is 1.68. The van der Waals surface area contributed by atoms with Crippen LogP contribution in [0.5, 0.6) is 0 Å². The fraction of sp³-hybridized carbons (Fsp3) is 0.167. The molecule has 1 aromatic carbocycles. The smallest absolute Gasteiger partial charge is 0.270 e. The monoisotopic (exact) mass is 275 g/mol. The molecule has 0 bridgehead atoms. The van der Waals surface area contributed by atoms with E-state index in [1.54, 1.807) is 6.20 Å². The molecule has 4 N–H and O–H groups in total. The van der Waals surface area contributed by atoms with Gasteiger partial charge in [-0.1, -0.05) is 0 Å². The topological polar surface area (TPSA) is 127 Å². The summed E-state index contributed by atoms with van der Waals surface area (Å²) in [6, 6.07) is 3.76. The van der Waals surface area contributed by atoms with E-state index in [1.165, 1.54) is 12.1 Å². The summed E-state index contributed by atoms with van der Waals surface area (Å²) >= 11 is 0. The zero-order valence-corrected chi connectivity index (χ0v) is 10.7. The number of nitro groups is 1. The van der Waals surface area contributed by atoms with E-state index in [2.05, 4.69) is 15.5 Å². The molecule has 0 atom stereocenters. The Bertz CT molecular complexity index is 665. The second-order valence-electron chi connectivity index (χ2n) is 4.23. The summed E-state index contributed by atoms with van der Waals surface area (Å²) in [4.78, 5) is 22.1. The number of aromatic amines is 1. The van der Waals surface area contributed by atoms with E-state index < -0.39 is 10.8 Å². The minimum Gasteiger partial charge on any atom is -0.398 e. The number of benzene rings is 1. The van der Waals surface area contributed by atoms with Crippen molar-refractivity contribution >= 4 is 17.3 Å². The number of rotatable bonds is 4. The summed E-state index contributed by atoms with van der Waals surface area (Å²) in [5.74, 6) is -0.466. The molecule has 0 aliphatic carbocycles. The molecule has 1 aromatic heterocycles. The molecule has 0 fully saturated rings. The Kier molecular flexibility index (Phi) is 3.65. The first kappa shape index (κ1) is 13.5. The van der Waals surface area contributed by atoms with Crippen LogP contribution >= 0.6 is 0 Å². The van der Waals surface area contributed by atoms with Crippen LogP contribution in [0.3, 0.4) is 0 Å². The number of hydrogen-bond donors (Lipinski definition) is 3. The maximum Gasteiger partial charge on any atom is 0.270 e. The predicted molar refractivity (Wildman–Crippen MR) is 72.0 cm³/mol. The molecule has 1 amide bonds. The second kappa shape index (κ2) is 5.39. The largest absolute Gasteiger partial charge is 0.398 e. The summed E-state index contributed by atoms with van der Waals surface area (Å²) in [5, 5.41) is 19.9. The van der Waals surface area contributed by atoms with Gasteiger partial charge in [-0.2, -0.15) is 5.10 Å². The summed E-state index contributed by atoms with van der Waals surface area (Å²) < 4.78 is 0. The van der Waals surface area contributed by atoms with Gasteiger partial charge in [-0.15, -0.1) is 0 Å². The minimum absolute atomic E-state index is 0.0837. The van der Waals surface area contributed by atoms with Crippen LogP contribution in [0.4, 0.5) is 11.4 Å². The molecule has 8 heteroatoms. The van der Waals surface area contributed by atoms with Crippen molar-refractivity contribution in [2.75, 3.05) is 5.73 Å². The number of anilines is 1. The summed E-state index contributed by atoms with van der Waals surface area (Å²) in [6.45, 7) is 2.10. The van der Waals surface area contributed by atoms with Crippen molar-refractivity contribution in [1.29, 1.82) is 0 Å². The standard InChI is InChI=1S/C12H13N5O3/c1-7-8(6-15-16-7)5-14-12(18)10-4-9(17(19)20)2-3-11(10)13/h2-4,6H,5,13H2,1H3,(H,14,18)(H,15,16). The number of aryl methyl sites for hydroxylation is 1. The zero-order valence-electron chi connectivity index (χ0n) is 10.7. The lowest BCUT2D eigenvalue weighted by Gasteiger charge is -2.07. The van der Waals surface area contributed by atoms with Crippen LogP contribution in [0.25, 0.3) is 0 Å². The number of nitrogens with one attached hydrogen (secondary N) is 2. The van der Waals surface area contributed by atoms with Crippen LogP contribution in [0, 0.1) is 17.0 Å². The number of nitrogens with zero attached hydrogens (tertiary/aromatic N) is 2.